The summed E-state index contributed by atoms with van der Waals surface area (Å²) in [6.45, 7) is 0. The number of fused-ring (bicyclic) bond motifs is 12. The van der Waals surface area contributed by atoms with Crippen LogP contribution in [0.3, 0.4) is 0 Å². The fourth-order valence-electron chi connectivity index (χ4n) is 14.7. The molecule has 0 aliphatic heterocycles. The number of rotatable bonds is 6. The summed E-state index contributed by atoms with van der Waals surface area (Å²) in [5.41, 5.74) is 12.1. The van der Waals surface area contributed by atoms with E-state index in [4.69, 9.17) is 23.8 Å². The van der Waals surface area contributed by atoms with Crippen molar-refractivity contribution in [2.24, 2.45) is 17.8 Å². The summed E-state index contributed by atoms with van der Waals surface area (Å²) in [4.78, 5) is 16.7. The van der Waals surface area contributed by atoms with Gasteiger partial charge in [0.05, 0.1) is 11.1 Å². The molecule has 0 unspecified atom stereocenters. The number of thiophene rings is 1. The van der Waals surface area contributed by atoms with Crippen molar-refractivity contribution in [3.8, 4) is 56.4 Å². The van der Waals surface area contributed by atoms with E-state index >= 15 is 0 Å². The second-order valence-electron chi connectivity index (χ2n) is 22.1. The Morgan fingerprint density at radius 3 is 1.83 bits per heavy atom. The van der Waals surface area contributed by atoms with Crippen LogP contribution in [0.15, 0.2) is 203 Å². The molecule has 4 aliphatic carbocycles. The van der Waals surface area contributed by atoms with Gasteiger partial charge in [-0.15, -0.1) is 11.3 Å². The van der Waals surface area contributed by atoms with Crippen molar-refractivity contribution in [2.45, 2.75) is 43.9 Å². The fraction of sp³-hybridized carbons (Fsp3) is 0.145. The Labute approximate surface area is 436 Å². The van der Waals surface area contributed by atoms with Gasteiger partial charge >= 0.3 is 0 Å². The zero-order chi connectivity index (χ0) is 48.9. The number of hydrogen-bond acceptors (Lipinski definition) is 6. The highest BCUT2D eigenvalue weighted by Crippen LogP contribution is 2.61. The number of aromatic nitrogens is 3. The lowest BCUT2D eigenvalue weighted by Gasteiger charge is -2.57. The van der Waals surface area contributed by atoms with Crippen LogP contribution in [-0.2, 0) is 5.41 Å². The van der Waals surface area contributed by atoms with Gasteiger partial charge in [-0.2, -0.15) is 0 Å². The Kier molecular flexibility index (Phi) is 8.83. The van der Waals surface area contributed by atoms with E-state index in [9.17, 15) is 0 Å². The lowest BCUT2D eigenvalue weighted by Crippen LogP contribution is -2.48. The quantitative estimate of drug-likeness (QED) is 0.166. The van der Waals surface area contributed by atoms with Gasteiger partial charge in [-0.05, 0) is 166 Å². The van der Waals surface area contributed by atoms with E-state index in [0.717, 1.165) is 117 Å². The summed E-state index contributed by atoms with van der Waals surface area (Å²) in [5.74, 6) is 4.29. The zero-order valence-corrected chi connectivity index (χ0v) is 41.8. The van der Waals surface area contributed by atoms with Crippen LogP contribution in [0.1, 0.15) is 44.1 Å². The molecule has 0 amide bonds. The minimum atomic E-state index is 0.319. The van der Waals surface area contributed by atoms with Gasteiger partial charge in [-0.3, -0.25) is 0 Å². The highest BCUT2D eigenvalue weighted by molar-refractivity contribution is 7.25. The minimum Gasteiger partial charge on any atom is -0.455 e. The van der Waals surface area contributed by atoms with E-state index in [2.05, 4.69) is 182 Å². The lowest BCUT2D eigenvalue weighted by atomic mass is 9.48. The zero-order valence-electron chi connectivity index (χ0n) is 41.0. The molecular weight excluding hydrogens is 935 g/mol. The molecule has 14 aromatic rings. The number of para-hydroxylation sites is 2. The van der Waals surface area contributed by atoms with E-state index in [1.54, 1.807) is 0 Å². The maximum atomic E-state index is 7.14. The largest absolute Gasteiger partial charge is 0.455 e. The van der Waals surface area contributed by atoms with Gasteiger partial charge in [0, 0.05) is 52.7 Å². The number of nitrogens with zero attached hydrogens (tertiary/aromatic N) is 3. The molecule has 6 heteroatoms. The molecule has 0 radical (unpaired) electrons. The molecule has 18 rings (SSSR count). The Morgan fingerprint density at radius 2 is 1.00 bits per heavy atom. The molecule has 75 heavy (non-hydrogen) atoms. The third kappa shape index (κ3) is 6.45. The molecule has 0 spiro atoms. The number of hydrogen-bond donors (Lipinski definition) is 0. The third-order valence-electron chi connectivity index (χ3n) is 17.6. The van der Waals surface area contributed by atoms with Gasteiger partial charge < -0.3 is 8.83 Å². The van der Waals surface area contributed by atoms with E-state index < -0.39 is 0 Å². The standard InChI is InChI=1S/C69H47N3O2S/c1-4-13-51-43(10-1)22-26-55-58-35-45-11-2-3-12-50(45)62(65(58)74-63(51)55)68-71-66(70-67(72-68)56-17-9-16-54-52-14-5-7-18-59(52)73-64(54)56)48-32-46(31-47(33-48)44-23-27-61-57(34-44)53-15-6-8-19-60(53)75-61)42-20-24-49(25-21-42)69-36-39-28-40(37-69)30-41(29-39)38-69/h1-27,31-35,39-41H,28-30,36-38H2. The predicted octanol–water partition coefficient (Wildman–Crippen LogP) is 19.1. The second kappa shape index (κ2) is 15.8. The second-order valence-corrected chi connectivity index (χ2v) is 23.2. The van der Waals surface area contributed by atoms with Crippen molar-refractivity contribution >= 4 is 96.9 Å². The van der Waals surface area contributed by atoms with Crippen LogP contribution in [0, 0.1) is 17.8 Å². The molecule has 4 aliphatic rings. The first-order valence-corrected chi connectivity index (χ1v) is 27.5. The van der Waals surface area contributed by atoms with Crippen molar-refractivity contribution in [3.63, 3.8) is 0 Å². The third-order valence-corrected chi connectivity index (χ3v) is 18.8. The monoisotopic (exact) mass is 981 g/mol. The molecule has 4 saturated carbocycles. The normalized spacial score (nSPS) is 19.3. The van der Waals surface area contributed by atoms with Crippen LogP contribution < -0.4 is 0 Å². The van der Waals surface area contributed by atoms with Crippen LogP contribution in [0.5, 0.6) is 0 Å². The molecule has 10 aromatic carbocycles. The van der Waals surface area contributed by atoms with Crippen LogP contribution in [-0.4, -0.2) is 15.0 Å². The molecule has 0 atom stereocenters. The highest BCUT2D eigenvalue weighted by Gasteiger charge is 2.51. The average molecular weight is 982 g/mol. The Hall–Kier alpha value is -8.45. The van der Waals surface area contributed by atoms with Crippen LogP contribution in [0.4, 0.5) is 0 Å². The minimum absolute atomic E-state index is 0.319. The molecular formula is C69H47N3O2S. The molecule has 4 fully saturated rings. The lowest BCUT2D eigenvalue weighted by molar-refractivity contribution is -0.00518. The SMILES string of the molecule is c1ccc2c(-c3nc(-c4cc(-c5ccc(C67CC8CC(CC(C8)C6)C7)cc5)cc(-c5ccc6sc7ccccc7c6c5)c4)nc(-c4cccc5c4oc4ccccc45)n3)c3oc4c5ccccc5ccc4c3cc2c1. The molecule has 0 N–H and O–H groups in total. The van der Waals surface area contributed by atoms with E-state index in [-0.39, 0.29) is 0 Å². The summed E-state index contributed by atoms with van der Waals surface area (Å²) in [6, 6.07) is 70.4. The maximum absolute atomic E-state index is 7.14. The van der Waals surface area contributed by atoms with Gasteiger partial charge in [0.1, 0.15) is 22.3 Å². The summed E-state index contributed by atoms with van der Waals surface area (Å²) in [7, 11) is 0. The maximum Gasteiger partial charge on any atom is 0.168 e. The molecule has 4 aromatic heterocycles. The predicted molar refractivity (Wildman–Crippen MR) is 309 cm³/mol. The van der Waals surface area contributed by atoms with Gasteiger partial charge in [-0.1, -0.05) is 133 Å². The van der Waals surface area contributed by atoms with Gasteiger partial charge in [0.2, 0.25) is 0 Å². The van der Waals surface area contributed by atoms with Crippen LogP contribution in [0.2, 0.25) is 0 Å². The van der Waals surface area contributed by atoms with Gasteiger partial charge in [0.15, 0.2) is 17.5 Å². The van der Waals surface area contributed by atoms with Crippen molar-refractivity contribution < 1.29 is 8.83 Å². The molecule has 0 saturated heterocycles. The molecule has 4 heterocycles. The highest BCUT2D eigenvalue weighted by atomic mass is 32.1. The van der Waals surface area contributed by atoms with Crippen molar-refractivity contribution in [1.82, 2.24) is 15.0 Å². The first kappa shape index (κ1) is 42.0. The fourth-order valence-corrected chi connectivity index (χ4v) is 15.7. The van der Waals surface area contributed by atoms with Gasteiger partial charge in [0.25, 0.3) is 0 Å². The Morgan fingerprint density at radius 1 is 0.373 bits per heavy atom. The first-order chi connectivity index (χ1) is 37.0. The van der Waals surface area contributed by atoms with Crippen LogP contribution >= 0.6 is 11.3 Å². The van der Waals surface area contributed by atoms with Crippen molar-refractivity contribution in [2.75, 3.05) is 0 Å². The van der Waals surface area contributed by atoms with E-state index in [0.29, 0.717) is 22.9 Å². The van der Waals surface area contributed by atoms with Crippen LogP contribution in [0.25, 0.3) is 142 Å². The van der Waals surface area contributed by atoms with E-state index in [1.165, 1.54) is 69.8 Å². The average Bonchev–Trinajstić information content (AvgIpc) is 4.19. The summed E-state index contributed by atoms with van der Waals surface area (Å²) < 4.78 is 16.4. The molecule has 356 valence electrons. The molecule has 4 bridgehead atoms. The molecule has 5 nitrogen and oxygen atoms in total. The van der Waals surface area contributed by atoms with E-state index in [1.807, 2.05) is 23.5 Å². The number of furan rings is 2. The summed E-state index contributed by atoms with van der Waals surface area (Å²) in [5, 5.41) is 11.0. The first-order valence-electron chi connectivity index (χ1n) is 26.6. The van der Waals surface area contributed by atoms with Crippen molar-refractivity contribution in [1.29, 1.82) is 0 Å². The van der Waals surface area contributed by atoms with Gasteiger partial charge in [-0.25, -0.2) is 15.0 Å². The topological polar surface area (TPSA) is 65.0 Å². The summed E-state index contributed by atoms with van der Waals surface area (Å²) in [6.07, 6.45) is 8.35. The van der Waals surface area contributed by atoms with Crippen molar-refractivity contribution in [3.05, 3.63) is 200 Å². The smallest absolute Gasteiger partial charge is 0.168 e. The Balaban J connectivity index is 0.919. The number of benzene rings is 10. The summed E-state index contributed by atoms with van der Waals surface area (Å²) >= 11 is 1.85. The Bertz CT molecular complexity index is 4680.